The van der Waals surface area contributed by atoms with Crippen molar-refractivity contribution >= 4 is 11.9 Å². The molecule has 1 amide bonds. The molecule has 22 heavy (non-hydrogen) atoms. The number of benzene rings is 1. The minimum Gasteiger partial charge on any atom is -0.484 e. The molecule has 0 heterocycles. The first-order valence-corrected chi connectivity index (χ1v) is 7.75. The summed E-state index contributed by atoms with van der Waals surface area (Å²) in [6.45, 7) is 2.32. The van der Waals surface area contributed by atoms with E-state index >= 15 is 0 Å². The van der Waals surface area contributed by atoms with Gasteiger partial charge in [0.1, 0.15) is 5.75 Å². The zero-order valence-corrected chi connectivity index (χ0v) is 12.9. The Balaban J connectivity index is 1.76. The highest BCUT2D eigenvalue weighted by atomic mass is 16.5. The van der Waals surface area contributed by atoms with Crippen LogP contribution in [-0.2, 0) is 9.59 Å². The Kier molecular flexibility index (Phi) is 5.81. The third kappa shape index (κ3) is 4.76. The van der Waals surface area contributed by atoms with Crippen LogP contribution in [0.5, 0.6) is 5.75 Å². The van der Waals surface area contributed by atoms with Crippen molar-refractivity contribution < 1.29 is 19.4 Å². The minimum absolute atomic E-state index is 0.0224. The first kappa shape index (κ1) is 16.3. The van der Waals surface area contributed by atoms with Gasteiger partial charge < -0.3 is 15.2 Å². The summed E-state index contributed by atoms with van der Waals surface area (Å²) in [5.74, 6) is -0.622. The van der Waals surface area contributed by atoms with Crippen molar-refractivity contribution in [3.8, 4) is 5.75 Å². The second-order valence-electron chi connectivity index (χ2n) is 5.90. The third-order valence-electron chi connectivity index (χ3n) is 4.15. The number of carbonyl (C=O) groups excluding carboxylic acids is 1. The molecule has 0 aliphatic heterocycles. The number of carboxylic acid groups (broad SMARTS) is 1. The lowest BCUT2D eigenvalue weighted by molar-refractivity contribution is -0.145. The number of hydrogen-bond donors (Lipinski definition) is 2. The normalized spacial score (nSPS) is 21.1. The summed E-state index contributed by atoms with van der Waals surface area (Å²) in [6.07, 6.45) is 3.55. The Labute approximate surface area is 130 Å². The van der Waals surface area contributed by atoms with Crippen LogP contribution in [0.3, 0.4) is 0 Å². The highest BCUT2D eigenvalue weighted by molar-refractivity contribution is 5.77. The third-order valence-corrected chi connectivity index (χ3v) is 4.15. The predicted octanol–water partition coefficient (Wildman–Crippen LogP) is 2.38. The zero-order chi connectivity index (χ0) is 15.9. The van der Waals surface area contributed by atoms with Gasteiger partial charge in [0.05, 0.1) is 5.92 Å². The van der Waals surface area contributed by atoms with Crippen LogP contribution < -0.4 is 10.1 Å². The molecule has 2 atom stereocenters. The molecule has 0 radical (unpaired) electrons. The molecule has 0 aromatic heterocycles. The monoisotopic (exact) mass is 305 g/mol. The van der Waals surface area contributed by atoms with Crippen LogP contribution in [0.4, 0.5) is 0 Å². The van der Waals surface area contributed by atoms with Crippen LogP contribution in [0.25, 0.3) is 0 Å². The fraction of sp³-hybridized carbons (Fsp3) is 0.529. The number of aryl methyl sites for hydroxylation is 1. The van der Waals surface area contributed by atoms with Crippen molar-refractivity contribution in [2.45, 2.75) is 32.6 Å². The number of carbonyl (C=O) groups is 2. The van der Waals surface area contributed by atoms with Gasteiger partial charge in [-0.15, -0.1) is 0 Å². The predicted molar refractivity (Wildman–Crippen MR) is 82.8 cm³/mol. The second-order valence-corrected chi connectivity index (χ2v) is 5.90. The Bertz CT molecular complexity index is 529. The minimum atomic E-state index is -0.755. The zero-order valence-electron chi connectivity index (χ0n) is 12.9. The van der Waals surface area contributed by atoms with E-state index in [1.165, 1.54) is 0 Å². The summed E-state index contributed by atoms with van der Waals surface area (Å²) in [5.41, 5.74) is 1.07. The van der Waals surface area contributed by atoms with Crippen LogP contribution in [0.15, 0.2) is 24.3 Å². The molecule has 1 aliphatic rings. The van der Waals surface area contributed by atoms with E-state index in [4.69, 9.17) is 4.74 Å². The number of amides is 1. The highest BCUT2D eigenvalue weighted by Crippen LogP contribution is 2.29. The Hall–Kier alpha value is -2.04. The number of ether oxygens (including phenoxy) is 1. The van der Waals surface area contributed by atoms with Gasteiger partial charge in [-0.1, -0.05) is 25.0 Å². The van der Waals surface area contributed by atoms with E-state index in [9.17, 15) is 14.7 Å². The van der Waals surface area contributed by atoms with Crippen molar-refractivity contribution in [1.29, 1.82) is 0 Å². The van der Waals surface area contributed by atoms with Crippen molar-refractivity contribution in [2.75, 3.05) is 13.2 Å². The van der Waals surface area contributed by atoms with Crippen LogP contribution in [0, 0.1) is 18.8 Å². The van der Waals surface area contributed by atoms with E-state index in [-0.39, 0.29) is 24.3 Å². The maximum Gasteiger partial charge on any atom is 0.306 e. The lowest BCUT2D eigenvalue weighted by Crippen LogP contribution is -2.38. The summed E-state index contributed by atoms with van der Waals surface area (Å²) in [4.78, 5) is 23.1. The Morgan fingerprint density at radius 1 is 1.32 bits per heavy atom. The molecule has 1 saturated carbocycles. The van der Waals surface area contributed by atoms with E-state index in [2.05, 4.69) is 5.32 Å². The smallest absolute Gasteiger partial charge is 0.306 e. The molecule has 1 aliphatic carbocycles. The van der Waals surface area contributed by atoms with E-state index in [0.29, 0.717) is 18.7 Å². The summed E-state index contributed by atoms with van der Waals surface area (Å²) in [7, 11) is 0. The van der Waals surface area contributed by atoms with Gasteiger partial charge in [0.15, 0.2) is 6.61 Å². The summed E-state index contributed by atoms with van der Waals surface area (Å²) in [6, 6.07) is 7.51. The molecular formula is C17H23NO4. The fourth-order valence-electron chi connectivity index (χ4n) is 2.93. The summed E-state index contributed by atoms with van der Waals surface area (Å²) >= 11 is 0. The largest absolute Gasteiger partial charge is 0.484 e. The van der Waals surface area contributed by atoms with Gasteiger partial charge in [0.25, 0.3) is 5.91 Å². The SMILES string of the molecule is Cc1cccc(OCC(=O)NC[C@@H]2CCCC[C@@H]2C(=O)O)c1. The van der Waals surface area contributed by atoms with Crippen LogP contribution in [0.2, 0.25) is 0 Å². The van der Waals surface area contributed by atoms with Crippen molar-refractivity contribution in [3.05, 3.63) is 29.8 Å². The molecule has 0 saturated heterocycles. The maximum absolute atomic E-state index is 11.8. The van der Waals surface area contributed by atoms with Crippen molar-refractivity contribution in [1.82, 2.24) is 5.32 Å². The molecule has 0 spiro atoms. The van der Waals surface area contributed by atoms with E-state index < -0.39 is 5.97 Å². The quantitative estimate of drug-likeness (QED) is 0.846. The molecule has 120 valence electrons. The Morgan fingerprint density at radius 3 is 2.82 bits per heavy atom. The number of rotatable bonds is 6. The van der Waals surface area contributed by atoms with Crippen LogP contribution in [0.1, 0.15) is 31.2 Å². The molecule has 5 heteroatoms. The molecule has 0 bridgehead atoms. The van der Waals surface area contributed by atoms with Gasteiger partial charge >= 0.3 is 5.97 Å². The molecule has 1 fully saturated rings. The van der Waals surface area contributed by atoms with Crippen LogP contribution in [-0.4, -0.2) is 30.1 Å². The van der Waals surface area contributed by atoms with Gasteiger partial charge in [-0.2, -0.15) is 0 Å². The lowest BCUT2D eigenvalue weighted by Gasteiger charge is -2.28. The molecule has 1 aromatic rings. The average Bonchev–Trinajstić information content (AvgIpc) is 2.51. The molecule has 2 rings (SSSR count). The van der Waals surface area contributed by atoms with Crippen molar-refractivity contribution in [2.24, 2.45) is 11.8 Å². The van der Waals surface area contributed by atoms with Gasteiger partial charge in [-0.3, -0.25) is 9.59 Å². The molecule has 0 unspecified atom stereocenters. The topological polar surface area (TPSA) is 75.6 Å². The summed E-state index contributed by atoms with van der Waals surface area (Å²) in [5, 5.41) is 12.0. The highest BCUT2D eigenvalue weighted by Gasteiger charge is 2.30. The van der Waals surface area contributed by atoms with E-state index in [1.807, 2.05) is 31.2 Å². The second kappa shape index (κ2) is 7.82. The first-order valence-electron chi connectivity index (χ1n) is 7.75. The number of hydrogen-bond acceptors (Lipinski definition) is 3. The van der Waals surface area contributed by atoms with E-state index in [1.54, 1.807) is 0 Å². The number of nitrogens with one attached hydrogen (secondary N) is 1. The maximum atomic E-state index is 11.8. The standard InChI is InChI=1S/C17H23NO4/c1-12-5-4-7-14(9-12)22-11-16(19)18-10-13-6-2-3-8-15(13)17(20)21/h4-5,7,9,13,15H,2-3,6,8,10-11H2,1H3,(H,18,19)(H,20,21)/t13-,15-/m0/s1. The van der Waals surface area contributed by atoms with Crippen LogP contribution >= 0.6 is 0 Å². The average molecular weight is 305 g/mol. The first-order chi connectivity index (χ1) is 10.6. The molecular weight excluding hydrogens is 282 g/mol. The Morgan fingerprint density at radius 2 is 2.09 bits per heavy atom. The number of aliphatic carboxylic acids is 1. The lowest BCUT2D eigenvalue weighted by atomic mass is 9.79. The van der Waals surface area contributed by atoms with Gasteiger partial charge in [-0.05, 0) is 43.4 Å². The molecule has 1 aromatic carbocycles. The number of carboxylic acids is 1. The van der Waals surface area contributed by atoms with Crippen molar-refractivity contribution in [3.63, 3.8) is 0 Å². The van der Waals surface area contributed by atoms with Gasteiger partial charge in [0, 0.05) is 6.54 Å². The molecule has 2 N–H and O–H groups in total. The van der Waals surface area contributed by atoms with Gasteiger partial charge in [-0.25, -0.2) is 0 Å². The summed E-state index contributed by atoms with van der Waals surface area (Å²) < 4.78 is 5.43. The fourth-order valence-corrected chi connectivity index (χ4v) is 2.93. The van der Waals surface area contributed by atoms with Gasteiger partial charge in [0.2, 0.25) is 0 Å². The van der Waals surface area contributed by atoms with E-state index in [0.717, 1.165) is 24.8 Å². The molecule has 5 nitrogen and oxygen atoms in total.